The molecule has 0 atom stereocenters. The molecule has 0 spiro atoms. The highest BCUT2D eigenvalue weighted by molar-refractivity contribution is 7.14. The zero-order chi connectivity index (χ0) is 20.4. The zero-order valence-corrected chi connectivity index (χ0v) is 17.4. The zero-order valence-electron chi connectivity index (χ0n) is 16.5. The molecular formula is C22H25N3O3S. The fourth-order valence-electron chi connectivity index (χ4n) is 4.02. The lowest BCUT2D eigenvalue weighted by molar-refractivity contribution is -0.118. The highest BCUT2D eigenvalue weighted by atomic mass is 32.1. The van der Waals surface area contributed by atoms with Crippen LogP contribution in [0, 0.1) is 0 Å². The van der Waals surface area contributed by atoms with E-state index in [1.54, 1.807) is 17.0 Å². The highest BCUT2D eigenvalue weighted by Crippen LogP contribution is 2.30. The molecule has 2 heterocycles. The maximum atomic E-state index is 12.5. The first-order valence-electron chi connectivity index (χ1n) is 10.2. The van der Waals surface area contributed by atoms with Crippen molar-refractivity contribution in [2.75, 3.05) is 11.4 Å². The summed E-state index contributed by atoms with van der Waals surface area (Å²) < 4.78 is 0. The molecule has 1 aliphatic heterocycles. The molecule has 0 radical (unpaired) electrons. The largest absolute Gasteiger partial charge is 0.312 e. The number of nitrogens with zero attached hydrogens (tertiary/aromatic N) is 1. The molecule has 0 fully saturated rings. The van der Waals surface area contributed by atoms with Crippen molar-refractivity contribution in [1.82, 2.24) is 10.9 Å². The number of benzene rings is 1. The maximum Gasteiger partial charge on any atom is 0.279 e. The Labute approximate surface area is 174 Å². The SMILES string of the molecule is CCC(=O)N1CCc2cc(C(=O)NNC(=O)c3cc4c(s3)CCCCC4)ccc21. The van der Waals surface area contributed by atoms with Crippen LogP contribution < -0.4 is 15.8 Å². The van der Waals surface area contributed by atoms with E-state index in [-0.39, 0.29) is 17.7 Å². The Morgan fingerprint density at radius 3 is 2.59 bits per heavy atom. The van der Waals surface area contributed by atoms with Gasteiger partial charge in [0.1, 0.15) is 0 Å². The predicted molar refractivity (Wildman–Crippen MR) is 113 cm³/mol. The summed E-state index contributed by atoms with van der Waals surface area (Å²) in [7, 11) is 0. The molecule has 29 heavy (non-hydrogen) atoms. The van der Waals surface area contributed by atoms with Gasteiger partial charge in [0.05, 0.1) is 4.88 Å². The van der Waals surface area contributed by atoms with Gasteiger partial charge in [-0.3, -0.25) is 25.2 Å². The molecule has 1 aliphatic carbocycles. The van der Waals surface area contributed by atoms with Crippen LogP contribution in [0.25, 0.3) is 0 Å². The van der Waals surface area contributed by atoms with E-state index in [4.69, 9.17) is 0 Å². The number of fused-ring (bicyclic) bond motifs is 2. The number of anilines is 1. The van der Waals surface area contributed by atoms with Crippen molar-refractivity contribution in [2.45, 2.75) is 51.9 Å². The normalized spacial score (nSPS) is 15.3. The monoisotopic (exact) mass is 411 g/mol. The summed E-state index contributed by atoms with van der Waals surface area (Å²) in [5, 5.41) is 0. The molecule has 0 unspecified atom stereocenters. The van der Waals surface area contributed by atoms with Crippen LogP contribution in [0.3, 0.4) is 0 Å². The van der Waals surface area contributed by atoms with Crippen molar-refractivity contribution in [3.05, 3.63) is 50.7 Å². The van der Waals surface area contributed by atoms with Crippen LogP contribution in [0.15, 0.2) is 24.3 Å². The molecule has 6 nitrogen and oxygen atoms in total. The van der Waals surface area contributed by atoms with Crippen molar-refractivity contribution < 1.29 is 14.4 Å². The molecule has 3 amide bonds. The van der Waals surface area contributed by atoms with Gasteiger partial charge in [0, 0.05) is 29.1 Å². The van der Waals surface area contributed by atoms with Gasteiger partial charge < -0.3 is 4.90 Å². The van der Waals surface area contributed by atoms with E-state index in [2.05, 4.69) is 10.9 Å². The lowest BCUT2D eigenvalue weighted by atomic mass is 10.1. The summed E-state index contributed by atoms with van der Waals surface area (Å²) in [5.41, 5.74) is 8.64. The topological polar surface area (TPSA) is 78.5 Å². The molecule has 0 bridgehead atoms. The molecule has 2 N–H and O–H groups in total. The first kappa shape index (κ1) is 19.6. The minimum atomic E-state index is -0.362. The van der Waals surface area contributed by atoms with Crippen LogP contribution >= 0.6 is 11.3 Å². The van der Waals surface area contributed by atoms with E-state index in [0.717, 1.165) is 30.5 Å². The second-order valence-corrected chi connectivity index (χ2v) is 8.66. The number of carbonyl (C=O) groups excluding carboxylic acids is 3. The molecule has 7 heteroatoms. The molecule has 2 aromatic rings. The fourth-order valence-corrected chi connectivity index (χ4v) is 5.17. The van der Waals surface area contributed by atoms with E-state index in [1.165, 1.54) is 41.0 Å². The molecule has 152 valence electrons. The molecule has 0 saturated carbocycles. The number of rotatable bonds is 3. The number of nitrogens with one attached hydrogen (secondary N) is 2. The van der Waals surface area contributed by atoms with Gasteiger partial charge in [-0.15, -0.1) is 11.3 Å². The van der Waals surface area contributed by atoms with E-state index in [0.29, 0.717) is 23.4 Å². The van der Waals surface area contributed by atoms with Gasteiger partial charge in [0.15, 0.2) is 0 Å². The maximum absolute atomic E-state index is 12.5. The average Bonchev–Trinajstić information content (AvgIpc) is 3.28. The lowest BCUT2D eigenvalue weighted by Gasteiger charge is -2.16. The minimum Gasteiger partial charge on any atom is -0.312 e. The van der Waals surface area contributed by atoms with Gasteiger partial charge in [0.25, 0.3) is 11.8 Å². The number of aryl methyl sites for hydroxylation is 2. The average molecular weight is 412 g/mol. The Hall–Kier alpha value is -2.67. The number of amides is 3. The molecule has 4 rings (SSSR count). The van der Waals surface area contributed by atoms with Gasteiger partial charge in [-0.25, -0.2) is 0 Å². The van der Waals surface area contributed by atoms with Crippen LogP contribution in [0.1, 0.15) is 68.6 Å². The number of carbonyl (C=O) groups is 3. The number of thiophene rings is 1. The summed E-state index contributed by atoms with van der Waals surface area (Å²) in [6.07, 6.45) is 6.83. The van der Waals surface area contributed by atoms with Crippen molar-refractivity contribution >= 4 is 34.7 Å². The van der Waals surface area contributed by atoms with E-state index in [1.807, 2.05) is 19.1 Å². The predicted octanol–water partition coefficient (Wildman–Crippen LogP) is 3.39. The second-order valence-electron chi connectivity index (χ2n) is 7.52. The Balaban J connectivity index is 1.39. The number of hydrogen-bond donors (Lipinski definition) is 2. The second kappa shape index (κ2) is 8.37. The summed E-state index contributed by atoms with van der Waals surface area (Å²) in [6.45, 7) is 2.49. The van der Waals surface area contributed by atoms with Crippen molar-refractivity contribution in [3.8, 4) is 0 Å². The first-order chi connectivity index (χ1) is 14.1. The van der Waals surface area contributed by atoms with Crippen LogP contribution in [0.4, 0.5) is 5.69 Å². The lowest BCUT2D eigenvalue weighted by Crippen LogP contribution is -2.41. The summed E-state index contributed by atoms with van der Waals surface area (Å²) >= 11 is 1.52. The Kier molecular flexibility index (Phi) is 5.67. The minimum absolute atomic E-state index is 0.0857. The quantitative estimate of drug-likeness (QED) is 0.600. The third kappa shape index (κ3) is 4.05. The molecule has 1 aromatic heterocycles. The summed E-state index contributed by atoms with van der Waals surface area (Å²) in [4.78, 5) is 40.6. The van der Waals surface area contributed by atoms with Crippen LogP contribution in [0.2, 0.25) is 0 Å². The van der Waals surface area contributed by atoms with Crippen LogP contribution in [-0.4, -0.2) is 24.3 Å². The van der Waals surface area contributed by atoms with E-state index < -0.39 is 0 Å². The first-order valence-corrected chi connectivity index (χ1v) is 11.0. The summed E-state index contributed by atoms with van der Waals surface area (Å²) in [5.74, 6) is -0.556. The Morgan fingerprint density at radius 2 is 1.76 bits per heavy atom. The third-order valence-corrected chi connectivity index (χ3v) is 6.84. The van der Waals surface area contributed by atoms with Gasteiger partial charge >= 0.3 is 0 Å². The van der Waals surface area contributed by atoms with Crippen LogP contribution in [0.5, 0.6) is 0 Å². The van der Waals surface area contributed by atoms with Gasteiger partial charge in [-0.1, -0.05) is 13.3 Å². The highest BCUT2D eigenvalue weighted by Gasteiger charge is 2.24. The van der Waals surface area contributed by atoms with Crippen molar-refractivity contribution in [3.63, 3.8) is 0 Å². The smallest absolute Gasteiger partial charge is 0.279 e. The van der Waals surface area contributed by atoms with Crippen LogP contribution in [-0.2, 0) is 24.1 Å². The number of hydrazine groups is 1. The fraction of sp³-hybridized carbons (Fsp3) is 0.409. The summed E-state index contributed by atoms with van der Waals surface area (Å²) in [6, 6.07) is 7.26. The number of hydrogen-bond acceptors (Lipinski definition) is 4. The third-order valence-electron chi connectivity index (χ3n) is 5.60. The molecular weight excluding hydrogens is 386 g/mol. The molecule has 1 aromatic carbocycles. The van der Waals surface area contributed by atoms with Crippen molar-refractivity contribution in [1.29, 1.82) is 0 Å². The molecule has 0 saturated heterocycles. The van der Waals surface area contributed by atoms with Gasteiger partial charge in [0.2, 0.25) is 5.91 Å². The Bertz CT molecular complexity index is 943. The van der Waals surface area contributed by atoms with Crippen molar-refractivity contribution in [2.24, 2.45) is 0 Å². The van der Waals surface area contributed by atoms with E-state index >= 15 is 0 Å². The van der Waals surface area contributed by atoms with Gasteiger partial charge in [-0.2, -0.15) is 0 Å². The standard InChI is InChI=1S/C22H25N3O3S/c1-2-20(26)25-11-10-14-12-16(8-9-17(14)25)21(27)23-24-22(28)19-13-15-6-4-3-5-7-18(15)29-19/h8-9,12-13H,2-7,10-11H2,1H3,(H,23,27)(H,24,28). The Morgan fingerprint density at radius 1 is 0.966 bits per heavy atom. The molecule has 2 aliphatic rings. The van der Waals surface area contributed by atoms with E-state index in [9.17, 15) is 14.4 Å². The van der Waals surface area contributed by atoms with Gasteiger partial charge in [-0.05, 0) is 67.5 Å².